The van der Waals surface area contributed by atoms with Crippen LogP contribution in [-0.2, 0) is 13.0 Å². The Hall–Kier alpha value is -1.15. The Morgan fingerprint density at radius 3 is 2.24 bits per heavy atom. The van der Waals surface area contributed by atoms with Crippen LogP contribution in [0.5, 0.6) is 0 Å². The molecule has 0 aliphatic heterocycles. The summed E-state index contributed by atoms with van der Waals surface area (Å²) >= 11 is 7.60. The summed E-state index contributed by atoms with van der Waals surface area (Å²) in [5.74, 6) is 0.708. The van der Waals surface area contributed by atoms with Gasteiger partial charge in [-0.05, 0) is 68.3 Å². The number of halogens is 2. The Kier molecular flexibility index (Phi) is 11.0. The first kappa shape index (κ1) is 24.1. The summed E-state index contributed by atoms with van der Waals surface area (Å²) in [6.45, 7) is 3.60. The molecule has 0 spiro atoms. The highest BCUT2D eigenvalue weighted by molar-refractivity contribution is 9.12. The smallest absolute Gasteiger partial charge is 0.0587 e. The second kappa shape index (κ2) is 13.2. The lowest BCUT2D eigenvalue weighted by Gasteiger charge is -2.30. The minimum Gasteiger partial charge on any atom is -0.302 e. The van der Waals surface area contributed by atoms with Crippen molar-refractivity contribution >= 4 is 31.9 Å². The summed E-state index contributed by atoms with van der Waals surface area (Å²) in [6, 6.07) is 21.9. The third kappa shape index (κ3) is 8.62. The molecule has 3 atom stereocenters. The first-order valence-electron chi connectivity index (χ1n) is 10.4. The molecule has 0 bridgehead atoms. The van der Waals surface area contributed by atoms with Crippen molar-refractivity contribution in [2.24, 2.45) is 0 Å². The first-order chi connectivity index (χ1) is 14.0. The lowest BCUT2D eigenvalue weighted by Crippen LogP contribution is -2.23. The topological polar surface area (TPSA) is 27.0 Å². The van der Waals surface area contributed by atoms with E-state index in [0.29, 0.717) is 15.6 Å². The molecule has 2 nitrogen and oxygen atoms in total. The molecule has 0 amide bonds. The minimum atomic E-state index is 0.598. The van der Waals surface area contributed by atoms with E-state index < -0.39 is 0 Å². The number of hydrogen-bond donors (Lipinski definition) is 0. The van der Waals surface area contributed by atoms with E-state index in [0.717, 1.165) is 19.5 Å². The van der Waals surface area contributed by atoms with Crippen molar-refractivity contribution in [2.45, 2.75) is 61.1 Å². The molecule has 4 heteroatoms. The van der Waals surface area contributed by atoms with E-state index in [4.69, 9.17) is 5.26 Å². The third-order valence-corrected chi connectivity index (χ3v) is 8.26. The standard InChI is InChI=1S/C23H29Br2N.C2H3N/c1-26(17-19-6-3-2-4-7-19)15-5-8-18-9-11-20(12-10-18)21-13-14-22(24)23(25)16-21;1-2-3/h2-4,6-7,9-12,21-23H,5,8,13-17H2,1H3;1H3. The van der Waals surface area contributed by atoms with Gasteiger partial charge in [0.2, 0.25) is 0 Å². The van der Waals surface area contributed by atoms with E-state index in [1.807, 2.05) is 0 Å². The van der Waals surface area contributed by atoms with Crippen LogP contribution in [0.1, 0.15) is 55.2 Å². The summed E-state index contributed by atoms with van der Waals surface area (Å²) in [5, 5.41) is 7.32. The Morgan fingerprint density at radius 1 is 0.966 bits per heavy atom. The van der Waals surface area contributed by atoms with Gasteiger partial charge in [0.1, 0.15) is 0 Å². The van der Waals surface area contributed by atoms with Crippen LogP contribution in [-0.4, -0.2) is 28.1 Å². The van der Waals surface area contributed by atoms with Gasteiger partial charge in [-0.2, -0.15) is 5.26 Å². The molecule has 3 rings (SSSR count). The predicted molar refractivity (Wildman–Crippen MR) is 131 cm³/mol. The van der Waals surface area contributed by atoms with Gasteiger partial charge in [0.25, 0.3) is 0 Å². The molecule has 156 valence electrons. The highest BCUT2D eigenvalue weighted by Crippen LogP contribution is 2.39. The largest absolute Gasteiger partial charge is 0.302 e. The van der Waals surface area contributed by atoms with Crippen LogP contribution in [0.2, 0.25) is 0 Å². The number of benzene rings is 2. The Bertz CT molecular complexity index is 740. The van der Waals surface area contributed by atoms with Crippen molar-refractivity contribution in [1.82, 2.24) is 4.90 Å². The van der Waals surface area contributed by atoms with Crippen LogP contribution in [0, 0.1) is 11.3 Å². The average molecular weight is 520 g/mol. The van der Waals surface area contributed by atoms with Crippen molar-refractivity contribution < 1.29 is 0 Å². The lowest BCUT2D eigenvalue weighted by atomic mass is 9.83. The van der Waals surface area contributed by atoms with Gasteiger partial charge in [-0.25, -0.2) is 0 Å². The molecule has 0 heterocycles. The van der Waals surface area contributed by atoms with Crippen molar-refractivity contribution in [3.8, 4) is 6.07 Å². The van der Waals surface area contributed by atoms with Gasteiger partial charge >= 0.3 is 0 Å². The monoisotopic (exact) mass is 518 g/mol. The normalized spacial score (nSPS) is 21.2. The Labute approximate surface area is 193 Å². The number of alkyl halides is 2. The molecule has 3 unspecified atom stereocenters. The lowest BCUT2D eigenvalue weighted by molar-refractivity contribution is 0.322. The van der Waals surface area contributed by atoms with Gasteiger partial charge in [-0.1, -0.05) is 86.5 Å². The van der Waals surface area contributed by atoms with Crippen LogP contribution in [0.25, 0.3) is 0 Å². The number of aryl methyl sites for hydroxylation is 1. The molecule has 0 radical (unpaired) electrons. The number of nitrogens with zero attached hydrogens (tertiary/aromatic N) is 2. The summed E-state index contributed by atoms with van der Waals surface area (Å²) in [4.78, 5) is 3.64. The second-order valence-corrected chi connectivity index (χ2v) is 10.2. The van der Waals surface area contributed by atoms with E-state index in [9.17, 15) is 0 Å². The number of nitriles is 1. The fourth-order valence-electron chi connectivity index (χ4n) is 3.87. The van der Waals surface area contributed by atoms with Gasteiger partial charge < -0.3 is 4.90 Å². The first-order valence-corrected chi connectivity index (χ1v) is 12.3. The molecule has 0 aromatic heterocycles. The summed E-state index contributed by atoms with van der Waals surface area (Å²) < 4.78 is 0. The quantitative estimate of drug-likeness (QED) is 0.365. The molecular weight excluding hydrogens is 488 g/mol. The van der Waals surface area contributed by atoms with Crippen molar-refractivity contribution in [3.63, 3.8) is 0 Å². The highest BCUT2D eigenvalue weighted by Gasteiger charge is 2.27. The molecule has 29 heavy (non-hydrogen) atoms. The average Bonchev–Trinajstić information content (AvgIpc) is 2.72. The van der Waals surface area contributed by atoms with Crippen molar-refractivity contribution in [1.29, 1.82) is 5.26 Å². The fraction of sp³-hybridized carbons (Fsp3) is 0.480. The van der Waals surface area contributed by atoms with Crippen LogP contribution >= 0.6 is 31.9 Å². The van der Waals surface area contributed by atoms with Crippen molar-refractivity contribution in [3.05, 3.63) is 71.3 Å². The van der Waals surface area contributed by atoms with Crippen molar-refractivity contribution in [2.75, 3.05) is 13.6 Å². The Morgan fingerprint density at radius 2 is 1.62 bits per heavy atom. The molecular formula is C25H32Br2N2. The van der Waals surface area contributed by atoms with Crippen LogP contribution in [0.15, 0.2) is 54.6 Å². The zero-order chi connectivity index (χ0) is 21.1. The maximum atomic E-state index is 7.32. The SMILES string of the molecule is CC#N.CN(CCCc1ccc(C2CCC(Br)C(Br)C2)cc1)Cc1ccccc1. The molecule has 1 aliphatic carbocycles. The second-order valence-electron chi connectivity index (χ2n) is 7.83. The zero-order valence-corrected chi connectivity index (χ0v) is 20.7. The summed E-state index contributed by atoms with van der Waals surface area (Å²) in [5.41, 5.74) is 4.37. The van der Waals surface area contributed by atoms with Crippen LogP contribution in [0.4, 0.5) is 0 Å². The number of rotatable bonds is 7. The molecule has 1 fully saturated rings. The van der Waals surface area contributed by atoms with E-state index in [2.05, 4.69) is 98.4 Å². The predicted octanol–water partition coefficient (Wildman–Crippen LogP) is 7.08. The zero-order valence-electron chi connectivity index (χ0n) is 17.5. The fourth-order valence-corrected chi connectivity index (χ4v) is 5.06. The molecule has 1 saturated carbocycles. The van der Waals surface area contributed by atoms with Gasteiger partial charge in [-0.15, -0.1) is 0 Å². The maximum Gasteiger partial charge on any atom is 0.0587 e. The summed E-state index contributed by atoms with van der Waals surface area (Å²) in [6.07, 6.45) is 6.16. The highest BCUT2D eigenvalue weighted by atomic mass is 79.9. The van der Waals surface area contributed by atoms with Crippen LogP contribution < -0.4 is 0 Å². The van der Waals surface area contributed by atoms with E-state index >= 15 is 0 Å². The van der Waals surface area contributed by atoms with Crippen LogP contribution in [0.3, 0.4) is 0 Å². The molecule has 1 aliphatic rings. The molecule has 2 aromatic rings. The third-order valence-electron chi connectivity index (χ3n) is 5.44. The molecule has 0 N–H and O–H groups in total. The van der Waals surface area contributed by atoms with Gasteiger partial charge in [0.05, 0.1) is 6.07 Å². The van der Waals surface area contributed by atoms with E-state index in [1.54, 1.807) is 6.07 Å². The Balaban J connectivity index is 0.000000941. The number of hydrogen-bond acceptors (Lipinski definition) is 2. The molecule has 0 saturated heterocycles. The van der Waals surface area contributed by atoms with Gasteiger partial charge in [0.15, 0.2) is 0 Å². The molecule has 2 aromatic carbocycles. The van der Waals surface area contributed by atoms with Gasteiger partial charge in [0, 0.05) is 23.1 Å². The summed E-state index contributed by atoms with van der Waals surface area (Å²) in [7, 11) is 2.22. The van der Waals surface area contributed by atoms with Gasteiger partial charge in [-0.3, -0.25) is 0 Å². The maximum absolute atomic E-state index is 7.32. The minimum absolute atomic E-state index is 0.598. The van der Waals surface area contributed by atoms with E-state index in [-0.39, 0.29) is 0 Å². The van der Waals surface area contributed by atoms with E-state index in [1.165, 1.54) is 49.3 Å².